The molecule has 1 aromatic rings. The summed E-state index contributed by atoms with van der Waals surface area (Å²) >= 11 is 1.50. The summed E-state index contributed by atoms with van der Waals surface area (Å²) in [5.74, 6) is 0.823. The fourth-order valence-electron chi connectivity index (χ4n) is 0.550. The molecule has 0 fully saturated rings. The summed E-state index contributed by atoms with van der Waals surface area (Å²) in [5.41, 5.74) is 0. The third-order valence-electron chi connectivity index (χ3n) is 1.02. The van der Waals surface area contributed by atoms with E-state index in [-0.39, 0.29) is 6.61 Å². The molecule has 1 heterocycles. The van der Waals surface area contributed by atoms with Gasteiger partial charge in [-0.05, 0) is 6.07 Å². The van der Waals surface area contributed by atoms with Crippen LogP contribution >= 0.6 is 11.3 Å². The molecule has 0 unspecified atom stereocenters. The molecule has 0 saturated carbocycles. The molecule has 1 rings (SSSR count). The predicted molar refractivity (Wildman–Crippen MR) is 36.8 cm³/mol. The number of aliphatic hydroxyl groups excluding tert-OH is 1. The van der Waals surface area contributed by atoms with Crippen molar-refractivity contribution in [3.05, 3.63) is 16.3 Å². The highest BCUT2D eigenvalue weighted by Gasteiger charge is 1.95. The standard InChI is InChI=1S/C6H8O2S/c1-8-5-2-6(3-7)9-4-5/h2,4,7H,3H2,1H3. The number of ether oxygens (including phenoxy) is 1. The van der Waals surface area contributed by atoms with E-state index in [1.165, 1.54) is 11.3 Å². The summed E-state index contributed by atoms with van der Waals surface area (Å²) in [7, 11) is 1.61. The summed E-state index contributed by atoms with van der Waals surface area (Å²) in [6.45, 7) is 0.105. The SMILES string of the molecule is COc1csc(CO)c1. The molecule has 0 amide bonds. The molecule has 50 valence electrons. The van der Waals surface area contributed by atoms with Crippen molar-refractivity contribution in [3.63, 3.8) is 0 Å². The number of aliphatic hydroxyl groups is 1. The summed E-state index contributed by atoms with van der Waals surface area (Å²) in [6.07, 6.45) is 0. The van der Waals surface area contributed by atoms with Gasteiger partial charge in [0, 0.05) is 10.3 Å². The highest BCUT2D eigenvalue weighted by atomic mass is 32.1. The minimum Gasteiger partial charge on any atom is -0.496 e. The molecule has 1 N–H and O–H groups in total. The van der Waals surface area contributed by atoms with Crippen LogP contribution in [0.5, 0.6) is 5.75 Å². The van der Waals surface area contributed by atoms with Gasteiger partial charge in [-0.1, -0.05) is 0 Å². The lowest BCUT2D eigenvalue weighted by molar-refractivity contribution is 0.285. The number of rotatable bonds is 2. The van der Waals surface area contributed by atoms with Crippen molar-refractivity contribution in [1.82, 2.24) is 0 Å². The maximum atomic E-state index is 8.60. The van der Waals surface area contributed by atoms with Gasteiger partial charge in [-0.15, -0.1) is 11.3 Å². The minimum atomic E-state index is 0.105. The number of thiophene rings is 1. The van der Waals surface area contributed by atoms with Crippen molar-refractivity contribution in [1.29, 1.82) is 0 Å². The van der Waals surface area contributed by atoms with Gasteiger partial charge < -0.3 is 9.84 Å². The minimum absolute atomic E-state index is 0.105. The zero-order chi connectivity index (χ0) is 6.69. The third-order valence-corrected chi connectivity index (χ3v) is 1.92. The van der Waals surface area contributed by atoms with Crippen LogP contribution in [-0.2, 0) is 6.61 Å². The Kier molecular flexibility index (Phi) is 2.08. The maximum Gasteiger partial charge on any atom is 0.129 e. The van der Waals surface area contributed by atoms with Crippen molar-refractivity contribution in [2.24, 2.45) is 0 Å². The highest BCUT2D eigenvalue weighted by molar-refractivity contribution is 7.10. The Balaban J connectivity index is 2.74. The smallest absolute Gasteiger partial charge is 0.129 e. The summed E-state index contributed by atoms with van der Waals surface area (Å²) < 4.78 is 4.90. The predicted octanol–water partition coefficient (Wildman–Crippen LogP) is 1.25. The van der Waals surface area contributed by atoms with Crippen molar-refractivity contribution < 1.29 is 9.84 Å². The Hall–Kier alpha value is -0.540. The molecule has 0 aliphatic rings. The summed E-state index contributed by atoms with van der Waals surface area (Å²) in [5, 5.41) is 10.5. The molecule has 9 heavy (non-hydrogen) atoms. The second-order valence-electron chi connectivity index (χ2n) is 1.61. The largest absolute Gasteiger partial charge is 0.496 e. The van der Waals surface area contributed by atoms with Crippen LogP contribution < -0.4 is 4.74 Å². The number of methoxy groups -OCH3 is 1. The lowest BCUT2D eigenvalue weighted by Crippen LogP contribution is -1.77. The average molecular weight is 144 g/mol. The van der Waals surface area contributed by atoms with Gasteiger partial charge in [-0.25, -0.2) is 0 Å². The Bertz CT molecular complexity index is 164. The molecule has 0 bridgehead atoms. The quantitative estimate of drug-likeness (QED) is 0.677. The molecule has 1 aromatic heterocycles. The van der Waals surface area contributed by atoms with Crippen LogP contribution in [0.15, 0.2) is 11.4 Å². The maximum absolute atomic E-state index is 8.60. The van der Waals surface area contributed by atoms with Crippen molar-refractivity contribution >= 4 is 11.3 Å². The Morgan fingerprint density at radius 3 is 2.89 bits per heavy atom. The van der Waals surface area contributed by atoms with E-state index in [1.807, 2.05) is 11.4 Å². The lowest BCUT2D eigenvalue weighted by atomic mass is 10.5. The topological polar surface area (TPSA) is 29.5 Å². The van der Waals surface area contributed by atoms with Crippen molar-refractivity contribution in [2.75, 3.05) is 7.11 Å². The van der Waals surface area contributed by atoms with E-state index in [1.54, 1.807) is 7.11 Å². The summed E-state index contributed by atoms with van der Waals surface area (Å²) in [4.78, 5) is 0.937. The second-order valence-corrected chi connectivity index (χ2v) is 2.61. The van der Waals surface area contributed by atoms with Crippen LogP contribution in [0.25, 0.3) is 0 Å². The van der Waals surface area contributed by atoms with Crippen LogP contribution in [-0.4, -0.2) is 12.2 Å². The summed E-state index contributed by atoms with van der Waals surface area (Å²) in [6, 6.07) is 1.82. The van der Waals surface area contributed by atoms with Gasteiger partial charge in [0.2, 0.25) is 0 Å². The van der Waals surface area contributed by atoms with Crippen LogP contribution in [0.1, 0.15) is 4.88 Å². The van der Waals surface area contributed by atoms with Gasteiger partial charge in [-0.2, -0.15) is 0 Å². The van der Waals surface area contributed by atoms with E-state index in [0.717, 1.165) is 10.6 Å². The van der Waals surface area contributed by atoms with Crippen LogP contribution in [0, 0.1) is 0 Å². The molecule has 0 aliphatic heterocycles. The fraction of sp³-hybridized carbons (Fsp3) is 0.333. The highest BCUT2D eigenvalue weighted by Crippen LogP contribution is 2.20. The molecule has 3 heteroatoms. The van der Waals surface area contributed by atoms with Gasteiger partial charge in [0.05, 0.1) is 13.7 Å². The van der Waals surface area contributed by atoms with E-state index >= 15 is 0 Å². The number of hydrogen-bond donors (Lipinski definition) is 1. The van der Waals surface area contributed by atoms with Crippen LogP contribution in [0.4, 0.5) is 0 Å². The molecule has 0 atom stereocenters. The molecule has 0 aromatic carbocycles. The molecule has 0 radical (unpaired) electrons. The number of hydrogen-bond acceptors (Lipinski definition) is 3. The molecule has 0 aliphatic carbocycles. The first kappa shape index (κ1) is 6.58. The Labute approximate surface area is 57.7 Å². The monoisotopic (exact) mass is 144 g/mol. The van der Waals surface area contributed by atoms with Crippen molar-refractivity contribution in [2.45, 2.75) is 6.61 Å². The Morgan fingerprint density at radius 2 is 2.56 bits per heavy atom. The second kappa shape index (κ2) is 2.85. The molecular formula is C6H8O2S. The van der Waals surface area contributed by atoms with Gasteiger partial charge in [0.1, 0.15) is 5.75 Å². The average Bonchev–Trinajstić information content (AvgIpc) is 2.34. The first-order chi connectivity index (χ1) is 4.36. The van der Waals surface area contributed by atoms with E-state index in [2.05, 4.69) is 0 Å². The van der Waals surface area contributed by atoms with Gasteiger partial charge in [0.25, 0.3) is 0 Å². The van der Waals surface area contributed by atoms with Gasteiger partial charge in [0.15, 0.2) is 0 Å². The van der Waals surface area contributed by atoms with E-state index < -0.39 is 0 Å². The first-order valence-corrected chi connectivity index (χ1v) is 3.47. The first-order valence-electron chi connectivity index (χ1n) is 2.59. The lowest BCUT2D eigenvalue weighted by Gasteiger charge is -1.88. The molecule has 0 saturated heterocycles. The van der Waals surface area contributed by atoms with Crippen LogP contribution in [0.2, 0.25) is 0 Å². The van der Waals surface area contributed by atoms with E-state index in [9.17, 15) is 0 Å². The molecular weight excluding hydrogens is 136 g/mol. The zero-order valence-corrected chi connectivity index (χ0v) is 5.94. The molecule has 0 spiro atoms. The van der Waals surface area contributed by atoms with E-state index in [0.29, 0.717) is 0 Å². The van der Waals surface area contributed by atoms with Gasteiger partial charge in [-0.3, -0.25) is 0 Å². The molecule has 2 nitrogen and oxygen atoms in total. The zero-order valence-electron chi connectivity index (χ0n) is 5.13. The van der Waals surface area contributed by atoms with E-state index in [4.69, 9.17) is 9.84 Å². The van der Waals surface area contributed by atoms with Crippen molar-refractivity contribution in [3.8, 4) is 5.75 Å². The van der Waals surface area contributed by atoms with Crippen LogP contribution in [0.3, 0.4) is 0 Å². The fourth-order valence-corrected chi connectivity index (χ4v) is 1.24. The Morgan fingerprint density at radius 1 is 1.78 bits per heavy atom. The normalized spacial score (nSPS) is 9.56. The third kappa shape index (κ3) is 1.43. The van der Waals surface area contributed by atoms with Gasteiger partial charge >= 0.3 is 0 Å².